The lowest BCUT2D eigenvalue weighted by atomic mass is 10.0. The van der Waals surface area contributed by atoms with Gasteiger partial charge in [0.25, 0.3) is 5.91 Å². The first-order chi connectivity index (χ1) is 10.1. The van der Waals surface area contributed by atoms with Crippen molar-refractivity contribution in [1.82, 2.24) is 0 Å². The van der Waals surface area contributed by atoms with E-state index in [4.69, 9.17) is 10.2 Å². The van der Waals surface area contributed by atoms with E-state index in [0.29, 0.717) is 12.2 Å². The predicted molar refractivity (Wildman–Crippen MR) is 76.2 cm³/mol. The Bertz CT molecular complexity index is 723. The number of rotatable bonds is 2. The number of nitrogens with zero attached hydrogens (tertiary/aromatic N) is 2. The molecule has 0 fully saturated rings. The number of anilines is 2. The molecule has 0 atom stereocenters. The molecule has 2 heterocycles. The predicted octanol–water partition coefficient (Wildman–Crippen LogP) is 2.36. The van der Waals surface area contributed by atoms with Gasteiger partial charge in [-0.05, 0) is 42.7 Å². The summed E-state index contributed by atoms with van der Waals surface area (Å²) in [6.07, 6.45) is 1.66. The molecule has 0 bridgehead atoms. The number of carbonyl (C=O) groups excluding carboxylic acids is 1. The van der Waals surface area contributed by atoms with E-state index >= 15 is 0 Å². The van der Waals surface area contributed by atoms with Gasteiger partial charge < -0.3 is 15.1 Å². The van der Waals surface area contributed by atoms with Gasteiger partial charge in [0.2, 0.25) is 0 Å². The van der Waals surface area contributed by atoms with Crippen molar-refractivity contribution in [3.8, 4) is 0 Å². The maximum absolute atomic E-state index is 12.5. The minimum absolute atomic E-state index is 0.0358. The molecule has 0 saturated heterocycles. The summed E-state index contributed by atoms with van der Waals surface area (Å²) in [5.74, 6) is -0.854. The second-order valence-corrected chi connectivity index (χ2v) is 4.84. The summed E-state index contributed by atoms with van der Waals surface area (Å²) < 4.78 is 4.98. The molecule has 1 amide bonds. The van der Waals surface area contributed by atoms with Crippen molar-refractivity contribution in [3.05, 3.63) is 51.8 Å². The van der Waals surface area contributed by atoms with Crippen LogP contribution in [0.25, 0.3) is 0 Å². The number of hydrogen-bond donors (Lipinski definition) is 1. The lowest BCUT2D eigenvalue weighted by molar-refractivity contribution is -0.402. The number of benzene rings is 1. The minimum Gasteiger partial charge on any atom is -0.399 e. The molecule has 0 radical (unpaired) electrons. The topological polar surface area (TPSA) is 103 Å². The van der Waals surface area contributed by atoms with E-state index in [2.05, 4.69) is 0 Å². The van der Waals surface area contributed by atoms with Crippen molar-refractivity contribution >= 4 is 23.2 Å². The number of nitrogens with two attached hydrogens (primary N) is 1. The van der Waals surface area contributed by atoms with Gasteiger partial charge in [-0.25, -0.2) is 0 Å². The second kappa shape index (κ2) is 4.93. The van der Waals surface area contributed by atoms with E-state index < -0.39 is 10.8 Å². The molecular formula is C14H13N3O4. The highest BCUT2D eigenvalue weighted by Gasteiger charge is 2.27. The van der Waals surface area contributed by atoms with Gasteiger partial charge in [0.1, 0.15) is 4.92 Å². The van der Waals surface area contributed by atoms with Crippen molar-refractivity contribution in [2.75, 3.05) is 17.2 Å². The maximum Gasteiger partial charge on any atom is 0.433 e. The SMILES string of the molecule is Nc1ccc2c(c1)CCCN2C(=O)c1ccc([N+](=O)[O-])o1. The lowest BCUT2D eigenvalue weighted by Crippen LogP contribution is -2.35. The Hall–Kier alpha value is -2.83. The Balaban J connectivity index is 1.94. The van der Waals surface area contributed by atoms with Gasteiger partial charge in [-0.1, -0.05) is 0 Å². The smallest absolute Gasteiger partial charge is 0.399 e. The first kappa shape index (κ1) is 13.2. The third-order valence-corrected chi connectivity index (χ3v) is 3.45. The monoisotopic (exact) mass is 287 g/mol. The normalized spacial score (nSPS) is 13.8. The number of aryl methyl sites for hydroxylation is 1. The van der Waals surface area contributed by atoms with E-state index in [9.17, 15) is 14.9 Å². The Kier molecular flexibility index (Phi) is 3.09. The molecule has 21 heavy (non-hydrogen) atoms. The molecule has 0 unspecified atom stereocenters. The van der Waals surface area contributed by atoms with Crippen molar-refractivity contribution < 1.29 is 14.1 Å². The molecule has 1 aromatic carbocycles. The molecule has 1 aliphatic rings. The Morgan fingerprint density at radius 3 is 2.86 bits per heavy atom. The third kappa shape index (κ3) is 2.33. The van der Waals surface area contributed by atoms with Crippen LogP contribution in [0.5, 0.6) is 0 Å². The van der Waals surface area contributed by atoms with E-state index in [-0.39, 0.29) is 11.7 Å². The standard InChI is InChI=1S/C14H13N3O4/c15-10-3-4-11-9(8-10)2-1-7-16(11)14(18)12-5-6-13(21-12)17(19)20/h3-6,8H,1-2,7,15H2. The quantitative estimate of drug-likeness (QED) is 0.519. The largest absolute Gasteiger partial charge is 0.433 e. The number of furan rings is 1. The molecule has 108 valence electrons. The minimum atomic E-state index is -0.665. The van der Waals surface area contributed by atoms with Crippen LogP contribution in [0, 0.1) is 10.1 Å². The number of fused-ring (bicyclic) bond motifs is 1. The van der Waals surface area contributed by atoms with Crippen LogP contribution in [0.15, 0.2) is 34.7 Å². The van der Waals surface area contributed by atoms with Gasteiger partial charge in [0.15, 0.2) is 5.76 Å². The summed E-state index contributed by atoms with van der Waals surface area (Å²) in [6, 6.07) is 7.88. The summed E-state index contributed by atoms with van der Waals surface area (Å²) in [5.41, 5.74) is 8.18. The lowest BCUT2D eigenvalue weighted by Gasteiger charge is -2.28. The van der Waals surface area contributed by atoms with Gasteiger partial charge in [0, 0.05) is 17.9 Å². The molecule has 2 N–H and O–H groups in total. The molecular weight excluding hydrogens is 274 g/mol. The highest BCUT2D eigenvalue weighted by molar-refractivity contribution is 6.05. The molecule has 1 aromatic heterocycles. The van der Waals surface area contributed by atoms with Crippen LogP contribution in [0.1, 0.15) is 22.5 Å². The van der Waals surface area contributed by atoms with Crippen LogP contribution in [-0.2, 0) is 6.42 Å². The molecule has 2 aromatic rings. The van der Waals surface area contributed by atoms with Crippen molar-refractivity contribution in [3.63, 3.8) is 0 Å². The third-order valence-electron chi connectivity index (χ3n) is 3.45. The van der Waals surface area contributed by atoms with Crippen molar-refractivity contribution in [2.45, 2.75) is 12.8 Å². The maximum atomic E-state index is 12.5. The van der Waals surface area contributed by atoms with Crippen LogP contribution in [0.2, 0.25) is 0 Å². The number of amides is 1. The number of carbonyl (C=O) groups is 1. The highest BCUT2D eigenvalue weighted by Crippen LogP contribution is 2.30. The van der Waals surface area contributed by atoms with Gasteiger partial charge in [-0.3, -0.25) is 14.9 Å². The van der Waals surface area contributed by atoms with Crippen molar-refractivity contribution in [1.29, 1.82) is 0 Å². The number of hydrogen-bond acceptors (Lipinski definition) is 5. The zero-order chi connectivity index (χ0) is 15.0. The fourth-order valence-corrected chi connectivity index (χ4v) is 2.50. The number of nitro groups is 1. The fraction of sp³-hybridized carbons (Fsp3) is 0.214. The summed E-state index contributed by atoms with van der Waals surface area (Å²) >= 11 is 0. The van der Waals surface area contributed by atoms with E-state index in [0.717, 1.165) is 24.1 Å². The van der Waals surface area contributed by atoms with Crippen LogP contribution in [-0.4, -0.2) is 17.4 Å². The summed E-state index contributed by atoms with van der Waals surface area (Å²) in [4.78, 5) is 24.0. The Labute approximate surface area is 120 Å². The van der Waals surface area contributed by atoms with E-state index in [1.54, 1.807) is 17.0 Å². The molecule has 1 aliphatic heterocycles. The molecule has 0 saturated carbocycles. The van der Waals surface area contributed by atoms with Gasteiger partial charge >= 0.3 is 5.88 Å². The first-order valence-electron chi connectivity index (χ1n) is 6.51. The summed E-state index contributed by atoms with van der Waals surface area (Å²) in [7, 11) is 0. The second-order valence-electron chi connectivity index (χ2n) is 4.84. The zero-order valence-corrected chi connectivity index (χ0v) is 11.1. The van der Waals surface area contributed by atoms with Crippen LogP contribution in [0.4, 0.5) is 17.3 Å². The van der Waals surface area contributed by atoms with Gasteiger partial charge in [0.05, 0.1) is 6.07 Å². The van der Waals surface area contributed by atoms with Crippen molar-refractivity contribution in [2.24, 2.45) is 0 Å². The zero-order valence-electron chi connectivity index (χ0n) is 11.1. The average Bonchev–Trinajstić information content (AvgIpc) is 2.95. The van der Waals surface area contributed by atoms with E-state index in [1.165, 1.54) is 12.1 Å². The Morgan fingerprint density at radius 2 is 2.14 bits per heavy atom. The first-order valence-corrected chi connectivity index (χ1v) is 6.51. The average molecular weight is 287 g/mol. The Morgan fingerprint density at radius 1 is 1.33 bits per heavy atom. The van der Waals surface area contributed by atoms with Gasteiger partial charge in [-0.15, -0.1) is 0 Å². The molecule has 0 aliphatic carbocycles. The molecule has 7 heteroatoms. The van der Waals surface area contributed by atoms with Crippen LogP contribution in [0.3, 0.4) is 0 Å². The molecule has 7 nitrogen and oxygen atoms in total. The number of nitrogen functional groups attached to an aromatic ring is 1. The van der Waals surface area contributed by atoms with Gasteiger partial charge in [-0.2, -0.15) is 0 Å². The highest BCUT2D eigenvalue weighted by atomic mass is 16.6. The summed E-state index contributed by atoms with van der Waals surface area (Å²) in [6.45, 7) is 0.546. The molecule has 3 rings (SSSR count). The van der Waals surface area contributed by atoms with Crippen LogP contribution >= 0.6 is 0 Å². The van der Waals surface area contributed by atoms with E-state index in [1.807, 2.05) is 6.07 Å². The fourth-order valence-electron chi connectivity index (χ4n) is 2.50. The summed E-state index contributed by atoms with van der Waals surface area (Å²) in [5, 5.41) is 10.6. The molecule has 0 spiro atoms. The van der Waals surface area contributed by atoms with Crippen LogP contribution < -0.4 is 10.6 Å².